The molecule has 0 aliphatic heterocycles. The lowest BCUT2D eigenvalue weighted by Gasteiger charge is -2.02. The maximum atomic E-state index is 12.2. The number of thioether (sulfide) groups is 1. The second-order valence-electron chi connectivity index (χ2n) is 5.30. The monoisotopic (exact) mass is 371 g/mol. The van der Waals surface area contributed by atoms with E-state index in [0.29, 0.717) is 16.4 Å². The van der Waals surface area contributed by atoms with Crippen molar-refractivity contribution in [1.29, 1.82) is 0 Å². The Morgan fingerprint density at radius 3 is 2.52 bits per heavy atom. The number of benzene rings is 2. The molecule has 128 valence electrons. The van der Waals surface area contributed by atoms with Crippen molar-refractivity contribution in [3.8, 4) is 5.75 Å². The molecule has 0 spiro atoms. The van der Waals surface area contributed by atoms with E-state index in [4.69, 9.17) is 4.74 Å². The van der Waals surface area contributed by atoms with E-state index in [9.17, 15) is 4.79 Å². The summed E-state index contributed by atoms with van der Waals surface area (Å²) in [7, 11) is 1.60. The fourth-order valence-corrected chi connectivity index (χ4v) is 3.73. The Bertz CT molecular complexity index is 846. The third-order valence-corrected chi connectivity index (χ3v) is 5.42. The summed E-state index contributed by atoms with van der Waals surface area (Å²) in [5.74, 6) is 1.11. The number of rotatable bonds is 7. The van der Waals surface area contributed by atoms with Gasteiger partial charge in [0.2, 0.25) is 5.13 Å². The van der Waals surface area contributed by atoms with Crippen LogP contribution >= 0.6 is 23.1 Å². The first-order chi connectivity index (χ1) is 12.1. The molecule has 0 aliphatic carbocycles. The van der Waals surface area contributed by atoms with Gasteiger partial charge in [0.05, 0.1) is 12.9 Å². The van der Waals surface area contributed by atoms with Gasteiger partial charge in [-0.1, -0.05) is 40.8 Å². The molecule has 1 heterocycles. The highest BCUT2D eigenvalue weighted by molar-refractivity contribution is 8.01. The number of hydrogen-bond acceptors (Lipinski definition) is 7. The van der Waals surface area contributed by atoms with E-state index in [0.717, 1.165) is 15.8 Å². The number of aromatic nitrogens is 2. The molecule has 25 heavy (non-hydrogen) atoms. The number of anilines is 2. The van der Waals surface area contributed by atoms with Crippen molar-refractivity contribution >= 4 is 39.7 Å². The van der Waals surface area contributed by atoms with E-state index in [2.05, 4.69) is 15.5 Å². The minimum atomic E-state index is 0.0518. The first kappa shape index (κ1) is 17.4. The predicted molar refractivity (Wildman–Crippen MR) is 102 cm³/mol. The fourth-order valence-electron chi connectivity index (χ4n) is 2.07. The number of aryl methyl sites for hydroxylation is 1. The summed E-state index contributed by atoms with van der Waals surface area (Å²) in [6.45, 7) is 2.04. The minimum Gasteiger partial charge on any atom is -0.497 e. The molecule has 0 bridgehead atoms. The minimum absolute atomic E-state index is 0.0518. The Kier molecular flexibility index (Phi) is 5.67. The molecular weight excluding hydrogens is 354 g/mol. The zero-order valence-electron chi connectivity index (χ0n) is 13.9. The van der Waals surface area contributed by atoms with Gasteiger partial charge in [0, 0.05) is 11.3 Å². The van der Waals surface area contributed by atoms with Gasteiger partial charge in [-0.2, -0.15) is 0 Å². The average Bonchev–Trinajstić information content (AvgIpc) is 3.09. The van der Waals surface area contributed by atoms with Crippen LogP contribution in [0.4, 0.5) is 10.8 Å². The molecule has 0 fully saturated rings. The van der Waals surface area contributed by atoms with Crippen LogP contribution in [0.3, 0.4) is 0 Å². The molecule has 5 nitrogen and oxygen atoms in total. The highest BCUT2D eigenvalue weighted by atomic mass is 32.2. The van der Waals surface area contributed by atoms with E-state index in [-0.39, 0.29) is 5.78 Å². The van der Waals surface area contributed by atoms with Crippen LogP contribution in [0.1, 0.15) is 15.9 Å². The topological polar surface area (TPSA) is 64.1 Å². The van der Waals surface area contributed by atoms with Gasteiger partial charge in [-0.25, -0.2) is 0 Å². The van der Waals surface area contributed by atoms with Crippen LogP contribution in [0.15, 0.2) is 52.9 Å². The second kappa shape index (κ2) is 8.13. The number of Topliss-reactive ketones (excluding diaryl/α,β-unsaturated/α-hetero) is 1. The maximum absolute atomic E-state index is 12.2. The number of ether oxygens (including phenoxy) is 1. The maximum Gasteiger partial charge on any atom is 0.210 e. The number of methoxy groups -OCH3 is 1. The zero-order chi connectivity index (χ0) is 17.6. The van der Waals surface area contributed by atoms with Crippen molar-refractivity contribution in [1.82, 2.24) is 10.2 Å². The lowest BCUT2D eigenvalue weighted by molar-refractivity contribution is 0.102. The molecule has 0 aliphatic rings. The molecule has 0 unspecified atom stereocenters. The van der Waals surface area contributed by atoms with Crippen molar-refractivity contribution in [3.05, 3.63) is 59.7 Å². The van der Waals surface area contributed by atoms with Gasteiger partial charge in [0.15, 0.2) is 10.1 Å². The Morgan fingerprint density at radius 1 is 1.12 bits per heavy atom. The lowest BCUT2D eigenvalue weighted by atomic mass is 10.1. The number of carbonyl (C=O) groups excluding carboxylic acids is 1. The van der Waals surface area contributed by atoms with Crippen molar-refractivity contribution < 1.29 is 9.53 Å². The Labute approximate surface area is 154 Å². The van der Waals surface area contributed by atoms with E-state index in [1.165, 1.54) is 28.7 Å². The number of nitrogens with zero attached hydrogens (tertiary/aromatic N) is 2. The molecule has 1 N–H and O–H groups in total. The van der Waals surface area contributed by atoms with Crippen LogP contribution in [0.25, 0.3) is 0 Å². The second-order valence-corrected chi connectivity index (χ2v) is 7.50. The van der Waals surface area contributed by atoms with Gasteiger partial charge in [-0.15, -0.1) is 10.2 Å². The van der Waals surface area contributed by atoms with Crippen LogP contribution in [0.5, 0.6) is 5.75 Å². The molecular formula is C18H17N3O2S2. The molecule has 0 saturated heterocycles. The summed E-state index contributed by atoms with van der Waals surface area (Å²) in [6.07, 6.45) is 0. The van der Waals surface area contributed by atoms with Crippen LogP contribution in [0.2, 0.25) is 0 Å². The summed E-state index contributed by atoms with van der Waals surface area (Å²) >= 11 is 2.82. The molecule has 3 rings (SSSR count). The van der Waals surface area contributed by atoms with Gasteiger partial charge in [0.1, 0.15) is 5.75 Å². The summed E-state index contributed by atoms with van der Waals surface area (Å²) in [5, 5.41) is 12.2. The Balaban J connectivity index is 1.55. The normalized spacial score (nSPS) is 10.5. The van der Waals surface area contributed by atoms with Crippen molar-refractivity contribution in [3.63, 3.8) is 0 Å². The molecule has 0 saturated carbocycles. The Hall–Kier alpha value is -2.38. The highest BCUT2D eigenvalue weighted by Gasteiger charge is 2.10. The molecule has 1 aromatic heterocycles. The van der Waals surface area contributed by atoms with Gasteiger partial charge >= 0.3 is 0 Å². The highest BCUT2D eigenvalue weighted by Crippen LogP contribution is 2.28. The summed E-state index contributed by atoms with van der Waals surface area (Å²) < 4.78 is 5.86. The van der Waals surface area contributed by atoms with E-state index in [1.54, 1.807) is 31.4 Å². The Morgan fingerprint density at radius 2 is 1.84 bits per heavy atom. The van der Waals surface area contributed by atoms with Crippen LogP contribution in [-0.2, 0) is 0 Å². The number of hydrogen-bond donors (Lipinski definition) is 1. The third-order valence-electron chi connectivity index (χ3n) is 3.45. The van der Waals surface area contributed by atoms with Crippen LogP contribution in [0, 0.1) is 6.92 Å². The number of carbonyl (C=O) groups is 1. The largest absolute Gasteiger partial charge is 0.497 e. The quantitative estimate of drug-likeness (QED) is 0.485. The lowest BCUT2D eigenvalue weighted by Crippen LogP contribution is -2.02. The third kappa shape index (κ3) is 4.80. The van der Waals surface area contributed by atoms with Gasteiger partial charge in [-0.3, -0.25) is 4.79 Å². The molecule has 0 amide bonds. The van der Waals surface area contributed by atoms with Gasteiger partial charge in [0.25, 0.3) is 0 Å². The van der Waals surface area contributed by atoms with Crippen LogP contribution in [-0.4, -0.2) is 28.8 Å². The predicted octanol–water partition coefficient (Wildman–Crippen LogP) is 4.57. The number of nitrogens with one attached hydrogen (secondary N) is 1. The molecule has 7 heteroatoms. The SMILES string of the molecule is COc1ccc(C(=O)CSc2nnc(Nc3ccc(C)cc3)s2)cc1. The van der Waals surface area contributed by atoms with E-state index in [1.807, 2.05) is 31.2 Å². The summed E-state index contributed by atoms with van der Waals surface area (Å²) in [4.78, 5) is 12.2. The summed E-state index contributed by atoms with van der Waals surface area (Å²) in [6, 6.07) is 15.2. The molecule has 0 radical (unpaired) electrons. The first-order valence-corrected chi connectivity index (χ1v) is 9.41. The van der Waals surface area contributed by atoms with Gasteiger partial charge in [-0.05, 0) is 43.3 Å². The van der Waals surface area contributed by atoms with Crippen molar-refractivity contribution in [2.45, 2.75) is 11.3 Å². The number of ketones is 1. The fraction of sp³-hybridized carbons (Fsp3) is 0.167. The molecule has 3 aromatic rings. The van der Waals surface area contributed by atoms with Crippen LogP contribution < -0.4 is 10.1 Å². The smallest absolute Gasteiger partial charge is 0.210 e. The van der Waals surface area contributed by atoms with E-state index < -0.39 is 0 Å². The standard InChI is InChI=1S/C18H17N3O2S2/c1-12-3-7-14(8-4-12)19-17-20-21-18(25-17)24-11-16(22)13-5-9-15(23-2)10-6-13/h3-10H,11H2,1-2H3,(H,19,20). The van der Waals surface area contributed by atoms with Crippen molar-refractivity contribution in [2.24, 2.45) is 0 Å². The summed E-state index contributed by atoms with van der Waals surface area (Å²) in [5.41, 5.74) is 2.83. The molecule has 0 atom stereocenters. The van der Waals surface area contributed by atoms with Crippen molar-refractivity contribution in [2.75, 3.05) is 18.2 Å². The van der Waals surface area contributed by atoms with E-state index >= 15 is 0 Å². The van der Waals surface area contributed by atoms with Gasteiger partial charge < -0.3 is 10.1 Å². The first-order valence-electron chi connectivity index (χ1n) is 7.61. The molecule has 2 aromatic carbocycles. The average molecular weight is 371 g/mol. The zero-order valence-corrected chi connectivity index (χ0v) is 15.5.